The van der Waals surface area contributed by atoms with Crippen LogP contribution in [0.15, 0.2) is 53.4 Å². The van der Waals surface area contributed by atoms with Gasteiger partial charge in [-0.25, -0.2) is 8.42 Å². The monoisotopic (exact) mass is 422 g/mol. The van der Waals surface area contributed by atoms with Gasteiger partial charge in [-0.15, -0.1) is 0 Å². The van der Waals surface area contributed by atoms with E-state index in [1.807, 2.05) is 4.90 Å². The Morgan fingerprint density at radius 3 is 2.14 bits per heavy atom. The Labute approximate surface area is 170 Å². The normalized spacial score (nSPS) is 17.0. The number of ether oxygens (including phenoxy) is 2. The van der Waals surface area contributed by atoms with Crippen LogP contribution in [0.2, 0.25) is 0 Å². The lowest BCUT2D eigenvalue weighted by molar-refractivity contribution is 0.0569. The summed E-state index contributed by atoms with van der Waals surface area (Å²) in [5.74, 6) is 1.33. The van der Waals surface area contributed by atoms with Crippen molar-refractivity contribution in [1.82, 2.24) is 9.21 Å². The third-order valence-electron chi connectivity index (χ3n) is 4.78. The van der Waals surface area contributed by atoms with Gasteiger partial charge in [-0.3, -0.25) is 4.90 Å². The molecule has 1 aliphatic rings. The second-order valence-electron chi connectivity index (χ2n) is 6.84. The first-order chi connectivity index (χ1) is 13.9. The number of methoxy groups -OCH3 is 1. The molecule has 1 aliphatic heterocycles. The van der Waals surface area contributed by atoms with Gasteiger partial charge in [0.15, 0.2) is 0 Å². The minimum Gasteiger partial charge on any atom is -0.508 e. The number of β-amino-alcohol motifs (C(OH)–C–C–N with tert-alkyl or cyclic N) is 1. The number of nitrogens with zero attached hydrogens (tertiary/aromatic N) is 2. The third kappa shape index (κ3) is 5.60. The molecule has 0 amide bonds. The van der Waals surface area contributed by atoms with E-state index in [9.17, 15) is 18.6 Å². The van der Waals surface area contributed by atoms with Crippen LogP contribution in [-0.4, -0.2) is 80.4 Å². The Bertz CT molecular complexity index is 878. The molecule has 0 saturated carbocycles. The Kier molecular flexibility index (Phi) is 6.96. The standard InChI is InChI=1S/C20H26N2O6S/c1-27-18-6-8-20(9-7-18)29(25,26)22-12-10-21(11-13-22)14-17(24)15-28-19-4-2-16(23)3-5-19/h2-9,17,23-24H,10-15H2,1H3/t17-/m0/s1. The zero-order chi connectivity index (χ0) is 20.9. The van der Waals surface area contributed by atoms with Crippen LogP contribution in [-0.2, 0) is 10.0 Å². The zero-order valence-corrected chi connectivity index (χ0v) is 17.1. The van der Waals surface area contributed by atoms with Crippen molar-refractivity contribution in [2.75, 3.05) is 46.4 Å². The number of benzene rings is 2. The van der Waals surface area contributed by atoms with Crippen molar-refractivity contribution >= 4 is 10.0 Å². The van der Waals surface area contributed by atoms with Gasteiger partial charge >= 0.3 is 0 Å². The molecule has 0 spiro atoms. The van der Waals surface area contributed by atoms with Crippen LogP contribution < -0.4 is 9.47 Å². The molecule has 1 heterocycles. The number of phenols is 1. The number of sulfonamides is 1. The summed E-state index contributed by atoms with van der Waals surface area (Å²) in [6.45, 7) is 2.31. The maximum atomic E-state index is 12.8. The van der Waals surface area contributed by atoms with E-state index in [2.05, 4.69) is 0 Å². The van der Waals surface area contributed by atoms with Crippen molar-refractivity contribution in [2.24, 2.45) is 0 Å². The zero-order valence-electron chi connectivity index (χ0n) is 16.3. The first-order valence-corrected chi connectivity index (χ1v) is 10.8. The molecule has 2 aromatic rings. The molecule has 1 fully saturated rings. The molecule has 0 aliphatic carbocycles. The molecule has 0 aromatic heterocycles. The Balaban J connectivity index is 1.47. The molecule has 2 N–H and O–H groups in total. The van der Waals surface area contributed by atoms with Gasteiger partial charge in [-0.2, -0.15) is 4.31 Å². The van der Waals surface area contributed by atoms with Crippen molar-refractivity contribution in [2.45, 2.75) is 11.0 Å². The second kappa shape index (κ2) is 9.45. The number of aliphatic hydroxyl groups is 1. The number of aliphatic hydroxyl groups excluding tert-OH is 1. The van der Waals surface area contributed by atoms with Crippen LogP contribution in [0.5, 0.6) is 17.2 Å². The van der Waals surface area contributed by atoms with Gasteiger partial charge in [-0.05, 0) is 48.5 Å². The molecule has 2 aromatic carbocycles. The highest BCUT2D eigenvalue weighted by Gasteiger charge is 2.29. The first-order valence-electron chi connectivity index (χ1n) is 9.35. The number of phenolic OH excluding ortho intramolecular Hbond substituents is 1. The molecule has 0 bridgehead atoms. The first kappa shape index (κ1) is 21.4. The van der Waals surface area contributed by atoms with E-state index in [-0.39, 0.29) is 17.3 Å². The summed E-state index contributed by atoms with van der Waals surface area (Å²) < 4.78 is 37.6. The summed E-state index contributed by atoms with van der Waals surface area (Å²) >= 11 is 0. The van der Waals surface area contributed by atoms with Crippen molar-refractivity contribution < 1.29 is 28.1 Å². The predicted octanol–water partition coefficient (Wildman–Crippen LogP) is 1.15. The average molecular weight is 423 g/mol. The smallest absolute Gasteiger partial charge is 0.243 e. The van der Waals surface area contributed by atoms with Crippen LogP contribution in [0.1, 0.15) is 0 Å². The largest absolute Gasteiger partial charge is 0.508 e. The highest BCUT2D eigenvalue weighted by molar-refractivity contribution is 7.89. The minimum absolute atomic E-state index is 0.120. The lowest BCUT2D eigenvalue weighted by atomic mass is 10.3. The number of aromatic hydroxyl groups is 1. The topological polar surface area (TPSA) is 99.5 Å². The van der Waals surface area contributed by atoms with E-state index < -0.39 is 16.1 Å². The summed E-state index contributed by atoms with van der Waals surface area (Å²) in [5.41, 5.74) is 0. The third-order valence-corrected chi connectivity index (χ3v) is 6.69. The highest BCUT2D eigenvalue weighted by atomic mass is 32.2. The van der Waals surface area contributed by atoms with E-state index in [1.54, 1.807) is 36.4 Å². The van der Waals surface area contributed by atoms with Crippen molar-refractivity contribution in [1.29, 1.82) is 0 Å². The maximum absolute atomic E-state index is 12.8. The molecule has 29 heavy (non-hydrogen) atoms. The summed E-state index contributed by atoms with van der Waals surface area (Å²) in [6.07, 6.45) is -0.700. The van der Waals surface area contributed by atoms with Gasteiger partial charge < -0.3 is 19.7 Å². The molecule has 0 unspecified atom stereocenters. The molecule has 1 atom stereocenters. The van der Waals surface area contributed by atoms with Gasteiger partial charge in [0.2, 0.25) is 10.0 Å². The fraction of sp³-hybridized carbons (Fsp3) is 0.400. The predicted molar refractivity (Wildman–Crippen MR) is 108 cm³/mol. The fourth-order valence-electron chi connectivity index (χ4n) is 3.13. The van der Waals surface area contributed by atoms with Crippen LogP contribution in [0.4, 0.5) is 0 Å². The van der Waals surface area contributed by atoms with Gasteiger partial charge in [0.05, 0.1) is 12.0 Å². The van der Waals surface area contributed by atoms with Crippen LogP contribution >= 0.6 is 0 Å². The molecule has 8 nitrogen and oxygen atoms in total. The summed E-state index contributed by atoms with van der Waals surface area (Å²) in [7, 11) is -2.01. The van der Waals surface area contributed by atoms with Crippen molar-refractivity contribution in [3.8, 4) is 17.2 Å². The SMILES string of the molecule is COc1ccc(S(=O)(=O)N2CCN(C[C@H](O)COc3ccc(O)cc3)CC2)cc1. The Morgan fingerprint density at radius 1 is 0.966 bits per heavy atom. The number of piperazine rings is 1. The van der Waals surface area contributed by atoms with Crippen molar-refractivity contribution in [3.05, 3.63) is 48.5 Å². The molecule has 0 radical (unpaired) electrons. The summed E-state index contributed by atoms with van der Waals surface area (Å²) in [5, 5.41) is 19.5. The van der Waals surface area contributed by atoms with E-state index in [4.69, 9.17) is 9.47 Å². The van der Waals surface area contributed by atoms with E-state index in [0.717, 1.165) is 0 Å². The summed E-state index contributed by atoms with van der Waals surface area (Å²) in [4.78, 5) is 2.26. The average Bonchev–Trinajstić information content (AvgIpc) is 2.74. The van der Waals surface area contributed by atoms with E-state index in [1.165, 1.54) is 23.5 Å². The van der Waals surface area contributed by atoms with Crippen LogP contribution in [0.3, 0.4) is 0 Å². The molecule has 9 heteroatoms. The number of hydrogen-bond donors (Lipinski definition) is 2. The van der Waals surface area contributed by atoms with Crippen LogP contribution in [0, 0.1) is 0 Å². The molecule has 3 rings (SSSR count). The van der Waals surface area contributed by atoms with Gasteiger partial charge in [0.25, 0.3) is 0 Å². The Morgan fingerprint density at radius 2 is 1.55 bits per heavy atom. The summed E-state index contributed by atoms with van der Waals surface area (Å²) in [6, 6.07) is 12.7. The molecule has 1 saturated heterocycles. The molecule has 158 valence electrons. The lowest BCUT2D eigenvalue weighted by Gasteiger charge is -2.34. The van der Waals surface area contributed by atoms with Crippen LogP contribution in [0.25, 0.3) is 0 Å². The van der Waals surface area contributed by atoms with Crippen molar-refractivity contribution in [3.63, 3.8) is 0 Å². The van der Waals surface area contributed by atoms with Gasteiger partial charge in [0, 0.05) is 32.7 Å². The maximum Gasteiger partial charge on any atom is 0.243 e. The highest BCUT2D eigenvalue weighted by Crippen LogP contribution is 2.21. The second-order valence-corrected chi connectivity index (χ2v) is 8.78. The van der Waals surface area contributed by atoms with Gasteiger partial charge in [-0.1, -0.05) is 0 Å². The molecular formula is C20H26N2O6S. The fourth-order valence-corrected chi connectivity index (χ4v) is 4.56. The molecular weight excluding hydrogens is 396 g/mol. The van der Waals surface area contributed by atoms with E-state index >= 15 is 0 Å². The minimum atomic E-state index is -3.55. The number of rotatable bonds is 8. The van der Waals surface area contributed by atoms with E-state index in [0.29, 0.717) is 44.2 Å². The quantitative estimate of drug-likeness (QED) is 0.658. The lowest BCUT2D eigenvalue weighted by Crippen LogP contribution is -2.50. The Hall–Kier alpha value is -2.33. The number of hydrogen-bond acceptors (Lipinski definition) is 7. The van der Waals surface area contributed by atoms with Gasteiger partial charge in [0.1, 0.15) is 30.0 Å².